The van der Waals surface area contributed by atoms with Crippen molar-refractivity contribution in [2.45, 2.75) is 13.0 Å². The molecule has 9 heteroatoms. The number of carbonyl (C=O) groups excluding carboxylic acids is 2. The largest absolute Gasteiger partial charge is 0.472 e. The fourth-order valence-electron chi connectivity index (χ4n) is 2.14. The average Bonchev–Trinajstić information content (AvgIpc) is 3.32. The molecular formula is C17H15FN4O4. The minimum Gasteiger partial charge on any atom is -0.472 e. The van der Waals surface area contributed by atoms with Gasteiger partial charge in [-0.05, 0) is 37.3 Å². The van der Waals surface area contributed by atoms with Crippen LogP contribution in [0.3, 0.4) is 0 Å². The summed E-state index contributed by atoms with van der Waals surface area (Å²) in [4.78, 5) is 27.9. The first-order valence-corrected chi connectivity index (χ1v) is 7.72. The van der Waals surface area contributed by atoms with Crippen molar-refractivity contribution in [1.29, 1.82) is 0 Å². The predicted molar refractivity (Wildman–Crippen MR) is 87.3 cm³/mol. The van der Waals surface area contributed by atoms with Gasteiger partial charge in [-0.1, -0.05) is 5.16 Å². The molecule has 0 bridgehead atoms. The molecule has 134 valence electrons. The molecule has 2 aromatic heterocycles. The van der Waals surface area contributed by atoms with Crippen LogP contribution in [0.25, 0.3) is 11.4 Å². The summed E-state index contributed by atoms with van der Waals surface area (Å²) in [6.45, 7) is 1.45. The van der Waals surface area contributed by atoms with Crippen molar-refractivity contribution in [1.82, 2.24) is 20.8 Å². The number of carbonyl (C=O) groups is 2. The zero-order valence-electron chi connectivity index (χ0n) is 13.7. The molecule has 0 radical (unpaired) electrons. The Morgan fingerprint density at radius 2 is 2.00 bits per heavy atom. The normalized spacial score (nSPS) is 11.8. The lowest BCUT2D eigenvalue weighted by molar-refractivity contribution is -0.120. The molecule has 1 unspecified atom stereocenters. The van der Waals surface area contributed by atoms with Crippen molar-refractivity contribution in [3.63, 3.8) is 0 Å². The molecule has 2 amide bonds. The Bertz CT molecular complexity index is 890. The Morgan fingerprint density at radius 3 is 2.69 bits per heavy atom. The molecule has 0 spiro atoms. The van der Waals surface area contributed by atoms with Gasteiger partial charge in [0, 0.05) is 5.56 Å². The van der Waals surface area contributed by atoms with E-state index < -0.39 is 17.9 Å². The Morgan fingerprint density at radius 1 is 1.23 bits per heavy atom. The number of nitrogens with one attached hydrogen (secondary N) is 2. The van der Waals surface area contributed by atoms with Gasteiger partial charge in [-0.2, -0.15) is 4.98 Å². The Labute approximate surface area is 147 Å². The molecule has 3 rings (SSSR count). The van der Waals surface area contributed by atoms with E-state index in [4.69, 9.17) is 8.94 Å². The van der Waals surface area contributed by atoms with Crippen molar-refractivity contribution in [3.8, 4) is 11.4 Å². The van der Waals surface area contributed by atoms with E-state index in [0.717, 1.165) is 0 Å². The summed E-state index contributed by atoms with van der Waals surface area (Å²) < 4.78 is 22.9. The Hall–Kier alpha value is -3.49. The predicted octanol–water partition coefficient (Wildman–Crippen LogP) is 2.08. The molecule has 1 aromatic carbocycles. The van der Waals surface area contributed by atoms with Crippen LogP contribution in [-0.2, 0) is 4.79 Å². The van der Waals surface area contributed by atoms with Gasteiger partial charge in [-0.3, -0.25) is 9.59 Å². The zero-order valence-corrected chi connectivity index (χ0v) is 13.7. The third kappa shape index (κ3) is 4.12. The second-order valence-corrected chi connectivity index (χ2v) is 5.45. The number of halogens is 1. The molecule has 26 heavy (non-hydrogen) atoms. The van der Waals surface area contributed by atoms with Gasteiger partial charge in [0.2, 0.25) is 17.6 Å². The number of rotatable bonds is 6. The lowest BCUT2D eigenvalue weighted by Gasteiger charge is -2.10. The van der Waals surface area contributed by atoms with E-state index in [1.165, 1.54) is 42.9 Å². The van der Waals surface area contributed by atoms with Crippen LogP contribution >= 0.6 is 0 Å². The molecule has 2 heterocycles. The van der Waals surface area contributed by atoms with E-state index in [1.807, 2.05) is 0 Å². The molecule has 1 atom stereocenters. The first-order valence-electron chi connectivity index (χ1n) is 7.72. The summed E-state index contributed by atoms with van der Waals surface area (Å²) >= 11 is 0. The molecule has 0 saturated carbocycles. The van der Waals surface area contributed by atoms with E-state index in [0.29, 0.717) is 11.1 Å². The highest BCUT2D eigenvalue weighted by Crippen LogP contribution is 2.18. The zero-order chi connectivity index (χ0) is 18.5. The molecule has 0 aliphatic heterocycles. The number of hydrogen-bond donors (Lipinski definition) is 2. The van der Waals surface area contributed by atoms with E-state index in [2.05, 4.69) is 20.8 Å². The van der Waals surface area contributed by atoms with Crippen LogP contribution in [0.5, 0.6) is 0 Å². The summed E-state index contributed by atoms with van der Waals surface area (Å²) in [7, 11) is 0. The molecule has 0 saturated heterocycles. The van der Waals surface area contributed by atoms with Crippen LogP contribution in [0.4, 0.5) is 4.39 Å². The maximum Gasteiger partial charge on any atom is 0.254 e. The standard InChI is InChI=1S/C17H15FN4O4/c1-10(20-14(23)8-19-16(24)12-6-7-25-9-12)17-21-15(22-26-17)11-2-4-13(18)5-3-11/h2-7,9-10H,8H2,1H3,(H,19,24)(H,20,23). The molecule has 0 aliphatic rings. The topological polar surface area (TPSA) is 110 Å². The number of benzene rings is 1. The minimum absolute atomic E-state index is 0.193. The van der Waals surface area contributed by atoms with Crippen molar-refractivity contribution in [2.24, 2.45) is 0 Å². The first-order chi connectivity index (χ1) is 12.5. The minimum atomic E-state index is -0.560. The highest BCUT2D eigenvalue weighted by atomic mass is 19.1. The van der Waals surface area contributed by atoms with Crippen LogP contribution in [0.1, 0.15) is 29.2 Å². The van der Waals surface area contributed by atoms with Gasteiger partial charge in [0.15, 0.2) is 0 Å². The fraction of sp³-hybridized carbons (Fsp3) is 0.176. The van der Waals surface area contributed by atoms with E-state index in [9.17, 15) is 14.0 Å². The maximum absolute atomic E-state index is 13.0. The number of furan rings is 1. The Kier molecular flexibility index (Phi) is 5.07. The quantitative estimate of drug-likeness (QED) is 0.698. The second-order valence-electron chi connectivity index (χ2n) is 5.45. The molecule has 2 N–H and O–H groups in total. The third-order valence-electron chi connectivity index (χ3n) is 3.48. The van der Waals surface area contributed by atoms with E-state index in [1.54, 1.807) is 6.92 Å². The summed E-state index contributed by atoms with van der Waals surface area (Å²) in [6, 6.07) is 6.57. The molecular weight excluding hydrogens is 343 g/mol. The monoisotopic (exact) mass is 358 g/mol. The van der Waals surface area contributed by atoms with Gasteiger partial charge in [0.25, 0.3) is 5.91 Å². The molecule has 0 fully saturated rings. The summed E-state index contributed by atoms with van der Waals surface area (Å²) in [5.41, 5.74) is 0.916. The summed E-state index contributed by atoms with van der Waals surface area (Å²) in [6.07, 6.45) is 2.65. The molecule has 3 aromatic rings. The summed E-state index contributed by atoms with van der Waals surface area (Å²) in [5.74, 6) is -0.724. The van der Waals surface area contributed by atoms with E-state index in [-0.39, 0.29) is 24.1 Å². The van der Waals surface area contributed by atoms with Crippen LogP contribution < -0.4 is 10.6 Å². The van der Waals surface area contributed by atoms with Crippen molar-refractivity contribution >= 4 is 11.8 Å². The van der Waals surface area contributed by atoms with Gasteiger partial charge in [-0.15, -0.1) is 0 Å². The SMILES string of the molecule is CC(NC(=O)CNC(=O)c1ccoc1)c1nc(-c2ccc(F)cc2)no1. The average molecular weight is 358 g/mol. The highest BCUT2D eigenvalue weighted by molar-refractivity contribution is 5.96. The van der Waals surface area contributed by atoms with Crippen LogP contribution in [0.2, 0.25) is 0 Å². The number of hydrogen-bond acceptors (Lipinski definition) is 6. The van der Waals surface area contributed by atoms with Gasteiger partial charge in [0.1, 0.15) is 18.1 Å². The van der Waals surface area contributed by atoms with Crippen molar-refractivity contribution in [2.75, 3.05) is 6.54 Å². The number of aromatic nitrogens is 2. The lowest BCUT2D eigenvalue weighted by Crippen LogP contribution is -2.38. The van der Waals surface area contributed by atoms with Crippen molar-refractivity contribution in [3.05, 3.63) is 60.1 Å². The van der Waals surface area contributed by atoms with Crippen LogP contribution in [0, 0.1) is 5.82 Å². The van der Waals surface area contributed by atoms with Gasteiger partial charge >= 0.3 is 0 Å². The summed E-state index contributed by atoms with van der Waals surface area (Å²) in [5, 5.41) is 8.91. The highest BCUT2D eigenvalue weighted by Gasteiger charge is 2.18. The Balaban J connectivity index is 1.54. The molecule has 8 nitrogen and oxygen atoms in total. The van der Waals surface area contributed by atoms with Gasteiger partial charge < -0.3 is 19.6 Å². The van der Waals surface area contributed by atoms with Crippen LogP contribution in [0.15, 0.2) is 51.8 Å². The van der Waals surface area contributed by atoms with Crippen molar-refractivity contribution < 1.29 is 22.9 Å². The third-order valence-corrected chi connectivity index (χ3v) is 3.48. The number of nitrogens with zero attached hydrogens (tertiary/aromatic N) is 2. The lowest BCUT2D eigenvalue weighted by atomic mass is 10.2. The first kappa shape index (κ1) is 17.3. The fourth-order valence-corrected chi connectivity index (χ4v) is 2.14. The number of amides is 2. The maximum atomic E-state index is 13.0. The van der Waals surface area contributed by atoms with Gasteiger partial charge in [0.05, 0.1) is 18.4 Å². The van der Waals surface area contributed by atoms with E-state index >= 15 is 0 Å². The second kappa shape index (κ2) is 7.60. The molecule has 0 aliphatic carbocycles. The van der Waals surface area contributed by atoms with Crippen LogP contribution in [-0.4, -0.2) is 28.5 Å². The smallest absolute Gasteiger partial charge is 0.254 e. The van der Waals surface area contributed by atoms with Gasteiger partial charge in [-0.25, -0.2) is 4.39 Å².